The van der Waals surface area contributed by atoms with Gasteiger partial charge in [0.1, 0.15) is 12.4 Å². The van der Waals surface area contributed by atoms with E-state index in [1.165, 1.54) is 0 Å². The van der Waals surface area contributed by atoms with Crippen molar-refractivity contribution in [3.63, 3.8) is 0 Å². The zero-order chi connectivity index (χ0) is 24.8. The molecular formula is C28H28Cl2N2O3. The van der Waals surface area contributed by atoms with Crippen molar-refractivity contribution in [3.8, 4) is 5.75 Å². The molecule has 1 atom stereocenters. The molecule has 0 bridgehead atoms. The summed E-state index contributed by atoms with van der Waals surface area (Å²) >= 11 is 12.6. The summed E-state index contributed by atoms with van der Waals surface area (Å²) in [4.78, 5) is 30.4. The van der Waals surface area contributed by atoms with Gasteiger partial charge in [-0.25, -0.2) is 0 Å². The molecule has 3 aromatic rings. The summed E-state index contributed by atoms with van der Waals surface area (Å²) in [5, 5.41) is 0.894. The summed E-state index contributed by atoms with van der Waals surface area (Å²) in [6.45, 7) is 1.30. The lowest BCUT2D eigenvalue weighted by molar-refractivity contribution is 0.0591. The van der Waals surface area contributed by atoms with Crippen LogP contribution in [0, 0.1) is 0 Å². The van der Waals surface area contributed by atoms with E-state index in [0.29, 0.717) is 46.4 Å². The van der Waals surface area contributed by atoms with Crippen LogP contribution < -0.4 is 4.74 Å². The van der Waals surface area contributed by atoms with Crippen LogP contribution in [-0.2, 0) is 6.42 Å². The summed E-state index contributed by atoms with van der Waals surface area (Å²) < 4.78 is 6.23. The van der Waals surface area contributed by atoms with E-state index in [-0.39, 0.29) is 24.5 Å². The van der Waals surface area contributed by atoms with Crippen LogP contribution >= 0.6 is 23.2 Å². The lowest BCUT2D eigenvalue weighted by atomic mass is 10.0. The Bertz CT molecular complexity index is 1190. The van der Waals surface area contributed by atoms with Gasteiger partial charge in [-0.1, -0.05) is 65.7 Å². The van der Waals surface area contributed by atoms with E-state index in [9.17, 15) is 9.59 Å². The van der Waals surface area contributed by atoms with Crippen LogP contribution in [0.15, 0.2) is 72.8 Å². The predicted molar refractivity (Wildman–Crippen MR) is 140 cm³/mol. The van der Waals surface area contributed by atoms with Gasteiger partial charge in [-0.15, -0.1) is 0 Å². The zero-order valence-electron chi connectivity index (χ0n) is 19.6. The maximum atomic E-state index is 13.7. The van der Waals surface area contributed by atoms with Crippen molar-refractivity contribution in [2.24, 2.45) is 0 Å². The highest BCUT2D eigenvalue weighted by molar-refractivity contribution is 6.33. The SMILES string of the molecule is CN1CCCCN(C(=O)c2ccccc2Cl)[C@@H](Cc2ccccc2)COc2ccc(Cl)cc2C1=O. The Hall–Kier alpha value is -3.02. The van der Waals surface area contributed by atoms with Crippen molar-refractivity contribution >= 4 is 35.0 Å². The van der Waals surface area contributed by atoms with E-state index in [4.69, 9.17) is 27.9 Å². The molecule has 1 heterocycles. The number of benzene rings is 3. The van der Waals surface area contributed by atoms with Crippen LogP contribution in [-0.4, -0.2) is 54.4 Å². The first-order chi connectivity index (χ1) is 16.9. The van der Waals surface area contributed by atoms with Gasteiger partial charge in [0.05, 0.1) is 22.2 Å². The first-order valence-corrected chi connectivity index (χ1v) is 12.5. The Kier molecular flexibility index (Phi) is 8.32. The first kappa shape index (κ1) is 25.1. The standard InChI is InChI=1S/C28H28Cl2N2O3/c1-31-15-7-8-16-32(28(34)23-11-5-6-12-25(23)30)22(17-20-9-3-2-4-10-20)19-35-26-14-13-21(29)18-24(26)27(31)33/h2-6,9-14,18,22H,7-8,15-17,19H2,1H3/t22-/m0/s1. The molecule has 0 N–H and O–H groups in total. The Morgan fingerprint density at radius 2 is 1.69 bits per heavy atom. The quantitative estimate of drug-likeness (QED) is 0.434. The van der Waals surface area contributed by atoms with Crippen molar-refractivity contribution in [2.45, 2.75) is 25.3 Å². The van der Waals surface area contributed by atoms with E-state index in [1.807, 2.05) is 47.4 Å². The minimum absolute atomic E-state index is 0.127. The number of amides is 2. The fraction of sp³-hybridized carbons (Fsp3) is 0.286. The average Bonchev–Trinajstić information content (AvgIpc) is 2.86. The molecule has 5 nitrogen and oxygen atoms in total. The van der Waals surface area contributed by atoms with Crippen molar-refractivity contribution < 1.29 is 14.3 Å². The Labute approximate surface area is 216 Å². The van der Waals surface area contributed by atoms with Crippen LogP contribution in [0.25, 0.3) is 0 Å². The van der Waals surface area contributed by atoms with Crippen LogP contribution in [0.4, 0.5) is 0 Å². The molecule has 4 rings (SSSR count). The summed E-state index contributed by atoms with van der Waals surface area (Å²) in [5.74, 6) is 0.194. The molecule has 1 aliphatic rings. The normalized spacial score (nSPS) is 17.1. The number of hydrogen-bond donors (Lipinski definition) is 0. The minimum Gasteiger partial charge on any atom is -0.491 e. The van der Waals surface area contributed by atoms with Crippen LogP contribution in [0.2, 0.25) is 10.0 Å². The Balaban J connectivity index is 1.72. The van der Waals surface area contributed by atoms with Gasteiger partial charge in [0.25, 0.3) is 11.8 Å². The van der Waals surface area contributed by atoms with Crippen molar-refractivity contribution in [1.29, 1.82) is 0 Å². The third-order valence-corrected chi connectivity index (χ3v) is 6.78. The third-order valence-electron chi connectivity index (χ3n) is 6.21. The molecular weight excluding hydrogens is 483 g/mol. The molecule has 1 aliphatic heterocycles. The first-order valence-electron chi connectivity index (χ1n) is 11.7. The fourth-order valence-electron chi connectivity index (χ4n) is 4.30. The summed E-state index contributed by atoms with van der Waals surface area (Å²) in [6.07, 6.45) is 2.10. The second-order valence-corrected chi connectivity index (χ2v) is 9.55. The molecule has 0 radical (unpaired) electrons. The van der Waals surface area contributed by atoms with Gasteiger partial charge in [0.2, 0.25) is 0 Å². The largest absolute Gasteiger partial charge is 0.491 e. The molecule has 0 fully saturated rings. The van der Waals surface area contributed by atoms with E-state index >= 15 is 0 Å². The molecule has 35 heavy (non-hydrogen) atoms. The number of hydrogen-bond acceptors (Lipinski definition) is 3. The maximum Gasteiger partial charge on any atom is 0.257 e. The van der Waals surface area contributed by atoms with E-state index < -0.39 is 0 Å². The van der Waals surface area contributed by atoms with Gasteiger partial charge in [-0.05, 0) is 55.2 Å². The number of nitrogens with zero attached hydrogens (tertiary/aromatic N) is 2. The smallest absolute Gasteiger partial charge is 0.257 e. The van der Waals surface area contributed by atoms with Gasteiger partial charge in [0.15, 0.2) is 0 Å². The Morgan fingerprint density at radius 3 is 2.46 bits per heavy atom. The molecule has 2 amide bonds. The minimum atomic E-state index is -0.267. The zero-order valence-corrected chi connectivity index (χ0v) is 21.1. The number of halogens is 2. The van der Waals surface area contributed by atoms with Gasteiger partial charge < -0.3 is 14.5 Å². The number of fused-ring (bicyclic) bond motifs is 1. The third kappa shape index (κ3) is 6.16. The van der Waals surface area contributed by atoms with Crippen molar-refractivity contribution in [3.05, 3.63) is 99.5 Å². The van der Waals surface area contributed by atoms with Gasteiger partial charge in [-0.2, -0.15) is 0 Å². The highest BCUT2D eigenvalue weighted by Crippen LogP contribution is 2.27. The van der Waals surface area contributed by atoms with Gasteiger partial charge >= 0.3 is 0 Å². The predicted octanol–water partition coefficient (Wildman–Crippen LogP) is 5.99. The van der Waals surface area contributed by atoms with E-state index in [0.717, 1.165) is 18.4 Å². The topological polar surface area (TPSA) is 49.9 Å². The fourth-order valence-corrected chi connectivity index (χ4v) is 4.69. The molecule has 0 aromatic heterocycles. The van der Waals surface area contributed by atoms with E-state index in [1.54, 1.807) is 42.3 Å². The second-order valence-electron chi connectivity index (χ2n) is 8.71. The molecule has 0 unspecified atom stereocenters. The van der Waals surface area contributed by atoms with Gasteiger partial charge in [-0.3, -0.25) is 9.59 Å². The highest BCUT2D eigenvalue weighted by Gasteiger charge is 2.28. The molecule has 3 aromatic carbocycles. The highest BCUT2D eigenvalue weighted by atomic mass is 35.5. The van der Waals surface area contributed by atoms with Gasteiger partial charge in [0, 0.05) is 25.2 Å². The molecule has 182 valence electrons. The Morgan fingerprint density at radius 1 is 0.971 bits per heavy atom. The molecule has 0 aliphatic carbocycles. The molecule has 0 saturated carbocycles. The summed E-state index contributed by atoms with van der Waals surface area (Å²) in [5.41, 5.74) is 1.99. The summed E-state index contributed by atoms with van der Waals surface area (Å²) in [6, 6.07) is 21.9. The van der Waals surface area contributed by atoms with Crippen LogP contribution in [0.5, 0.6) is 5.75 Å². The van der Waals surface area contributed by atoms with E-state index in [2.05, 4.69) is 0 Å². The molecule has 7 heteroatoms. The van der Waals surface area contributed by atoms with Crippen molar-refractivity contribution in [2.75, 3.05) is 26.7 Å². The lowest BCUT2D eigenvalue weighted by Gasteiger charge is -2.33. The number of ether oxygens (including phenoxy) is 1. The number of carbonyl (C=O) groups excluding carboxylic acids is 2. The van der Waals surface area contributed by atoms with Crippen molar-refractivity contribution in [1.82, 2.24) is 9.80 Å². The number of carbonyl (C=O) groups is 2. The molecule has 0 saturated heterocycles. The average molecular weight is 511 g/mol. The summed E-state index contributed by atoms with van der Waals surface area (Å²) in [7, 11) is 1.77. The molecule has 0 spiro atoms. The lowest BCUT2D eigenvalue weighted by Crippen LogP contribution is -2.46. The van der Waals surface area contributed by atoms with Crippen LogP contribution in [0.1, 0.15) is 39.1 Å². The second kappa shape index (κ2) is 11.6. The maximum absolute atomic E-state index is 13.7. The number of rotatable bonds is 3. The van der Waals surface area contributed by atoms with Crippen LogP contribution in [0.3, 0.4) is 0 Å². The monoisotopic (exact) mass is 510 g/mol.